The highest BCUT2D eigenvalue weighted by molar-refractivity contribution is 7.80. The Morgan fingerprint density at radius 1 is 1.75 bits per heavy atom. The summed E-state index contributed by atoms with van der Waals surface area (Å²) in [6.07, 6.45) is 2.12. The molecular formula is C8H16O3S. The van der Waals surface area contributed by atoms with E-state index in [1.165, 1.54) is 0 Å². The zero-order valence-electron chi connectivity index (χ0n) is 7.11. The third-order valence-corrected chi connectivity index (χ3v) is 1.24. The predicted molar refractivity (Wildman–Crippen MR) is 51.7 cm³/mol. The molecule has 0 amide bonds. The van der Waals surface area contributed by atoms with Gasteiger partial charge in [0.25, 0.3) is 0 Å². The third kappa shape index (κ3) is 9.97. The largest absolute Gasteiger partial charge is 0.396 e. The van der Waals surface area contributed by atoms with Crippen molar-refractivity contribution in [1.29, 1.82) is 0 Å². The first kappa shape index (κ1) is 12.0. The van der Waals surface area contributed by atoms with Crippen molar-refractivity contribution in [2.75, 3.05) is 32.2 Å². The van der Waals surface area contributed by atoms with E-state index in [4.69, 9.17) is 14.6 Å². The van der Waals surface area contributed by atoms with Gasteiger partial charge in [-0.1, -0.05) is 6.08 Å². The van der Waals surface area contributed by atoms with Crippen LogP contribution in [-0.4, -0.2) is 43.4 Å². The van der Waals surface area contributed by atoms with Gasteiger partial charge in [0, 0.05) is 5.75 Å². The van der Waals surface area contributed by atoms with E-state index in [9.17, 15) is 0 Å². The second kappa shape index (κ2) is 9.06. The fourth-order valence-electron chi connectivity index (χ4n) is 0.447. The van der Waals surface area contributed by atoms with E-state index in [0.29, 0.717) is 18.5 Å². The Labute approximate surface area is 78.8 Å². The Kier molecular flexibility index (Phi) is 9.04. The fraction of sp³-hybridized carbons (Fsp3) is 0.750. The Morgan fingerprint density at radius 2 is 2.33 bits per heavy atom. The van der Waals surface area contributed by atoms with E-state index < -0.39 is 0 Å². The van der Waals surface area contributed by atoms with Crippen LogP contribution >= 0.6 is 12.6 Å². The summed E-state index contributed by atoms with van der Waals surface area (Å²) in [7, 11) is 0. The van der Waals surface area contributed by atoms with Gasteiger partial charge < -0.3 is 14.6 Å². The molecule has 1 aliphatic heterocycles. The van der Waals surface area contributed by atoms with Gasteiger partial charge in [-0.15, -0.1) is 6.58 Å². The fourth-order valence-corrected chi connectivity index (χ4v) is 0.447. The second-order valence-electron chi connectivity index (χ2n) is 2.23. The molecule has 4 heteroatoms. The van der Waals surface area contributed by atoms with Crippen LogP contribution in [0.3, 0.4) is 0 Å². The highest BCUT2D eigenvalue weighted by Gasteiger charge is 2.21. The number of aliphatic hydroxyl groups is 1. The molecule has 1 atom stereocenters. The minimum absolute atomic E-state index is 0.184. The Balaban J connectivity index is 0.000000261. The highest BCUT2D eigenvalue weighted by atomic mass is 32.1. The average molecular weight is 192 g/mol. The van der Waals surface area contributed by atoms with Crippen LogP contribution in [0.4, 0.5) is 0 Å². The average Bonchev–Trinajstić information content (AvgIpc) is 2.89. The topological polar surface area (TPSA) is 42.0 Å². The van der Waals surface area contributed by atoms with Gasteiger partial charge in [0.15, 0.2) is 0 Å². The molecule has 72 valence electrons. The molecule has 0 aliphatic carbocycles. The van der Waals surface area contributed by atoms with Crippen LogP contribution in [-0.2, 0) is 9.47 Å². The third-order valence-electron chi connectivity index (χ3n) is 1.04. The maximum atomic E-state index is 7.80. The summed E-state index contributed by atoms with van der Waals surface area (Å²) in [5, 5.41) is 7.80. The lowest BCUT2D eigenvalue weighted by atomic mass is 10.5. The quantitative estimate of drug-likeness (QED) is 0.288. The molecule has 1 N–H and O–H groups in total. The van der Waals surface area contributed by atoms with Crippen LogP contribution in [0.15, 0.2) is 12.7 Å². The van der Waals surface area contributed by atoms with E-state index in [-0.39, 0.29) is 6.61 Å². The minimum Gasteiger partial charge on any atom is -0.396 e. The lowest BCUT2D eigenvalue weighted by Crippen LogP contribution is -2.00. The smallest absolute Gasteiger partial charge is 0.104 e. The Bertz CT molecular complexity index is 102. The summed E-state index contributed by atoms with van der Waals surface area (Å²) in [4.78, 5) is 0. The van der Waals surface area contributed by atoms with E-state index >= 15 is 0 Å². The molecule has 12 heavy (non-hydrogen) atoms. The monoisotopic (exact) mass is 192 g/mol. The van der Waals surface area contributed by atoms with E-state index in [2.05, 4.69) is 19.2 Å². The molecule has 1 rings (SSSR count). The lowest BCUT2D eigenvalue weighted by molar-refractivity contribution is 0.141. The molecule has 1 saturated heterocycles. The number of aliphatic hydroxyl groups excluding tert-OH is 1. The number of ether oxygens (including phenoxy) is 2. The summed E-state index contributed by atoms with van der Waals surface area (Å²) in [5.74, 6) is 0.569. The van der Waals surface area contributed by atoms with E-state index in [0.717, 1.165) is 13.2 Å². The van der Waals surface area contributed by atoms with Gasteiger partial charge in [0.1, 0.15) is 6.10 Å². The molecule has 0 bridgehead atoms. The number of epoxide rings is 1. The van der Waals surface area contributed by atoms with Gasteiger partial charge in [-0.25, -0.2) is 0 Å². The van der Waals surface area contributed by atoms with E-state index in [1.807, 2.05) is 0 Å². The number of thiol groups is 1. The van der Waals surface area contributed by atoms with Crippen molar-refractivity contribution in [3.05, 3.63) is 12.7 Å². The van der Waals surface area contributed by atoms with Gasteiger partial charge in [0.05, 0.1) is 26.4 Å². The SMILES string of the molecule is C=CCOCC1CO1.OCCS. The first-order chi connectivity index (χ1) is 5.85. The van der Waals surface area contributed by atoms with Crippen molar-refractivity contribution in [2.24, 2.45) is 0 Å². The van der Waals surface area contributed by atoms with Crippen LogP contribution in [0.1, 0.15) is 0 Å². The number of hydrogen-bond donors (Lipinski definition) is 2. The molecule has 1 fully saturated rings. The summed E-state index contributed by atoms with van der Waals surface area (Å²) in [6.45, 7) is 5.93. The molecular weight excluding hydrogens is 176 g/mol. The van der Waals surface area contributed by atoms with Crippen LogP contribution in [0.2, 0.25) is 0 Å². The van der Waals surface area contributed by atoms with Crippen molar-refractivity contribution in [3.63, 3.8) is 0 Å². The minimum atomic E-state index is 0.184. The van der Waals surface area contributed by atoms with Gasteiger partial charge in [-0.2, -0.15) is 12.6 Å². The molecule has 0 aromatic heterocycles. The van der Waals surface area contributed by atoms with Gasteiger partial charge >= 0.3 is 0 Å². The molecule has 1 unspecified atom stereocenters. The van der Waals surface area contributed by atoms with E-state index in [1.54, 1.807) is 6.08 Å². The molecule has 0 radical (unpaired) electrons. The summed E-state index contributed by atoms with van der Waals surface area (Å²) in [6, 6.07) is 0. The molecule has 0 aromatic carbocycles. The second-order valence-corrected chi connectivity index (χ2v) is 2.68. The van der Waals surface area contributed by atoms with Crippen LogP contribution in [0.5, 0.6) is 0 Å². The van der Waals surface area contributed by atoms with Crippen molar-refractivity contribution in [1.82, 2.24) is 0 Å². The van der Waals surface area contributed by atoms with Crippen molar-refractivity contribution in [3.8, 4) is 0 Å². The first-order valence-corrected chi connectivity index (χ1v) is 4.50. The van der Waals surface area contributed by atoms with Crippen molar-refractivity contribution in [2.45, 2.75) is 6.10 Å². The van der Waals surface area contributed by atoms with Gasteiger partial charge in [-0.05, 0) is 0 Å². The van der Waals surface area contributed by atoms with Crippen molar-refractivity contribution < 1.29 is 14.6 Å². The Morgan fingerprint density at radius 3 is 2.67 bits per heavy atom. The zero-order valence-corrected chi connectivity index (χ0v) is 8.00. The van der Waals surface area contributed by atoms with Crippen LogP contribution < -0.4 is 0 Å². The van der Waals surface area contributed by atoms with Gasteiger partial charge in [0.2, 0.25) is 0 Å². The molecule has 0 saturated carbocycles. The maximum absolute atomic E-state index is 7.80. The normalized spacial score (nSPS) is 19.3. The molecule has 0 spiro atoms. The molecule has 1 heterocycles. The summed E-state index contributed by atoms with van der Waals surface area (Å²) >= 11 is 3.67. The summed E-state index contributed by atoms with van der Waals surface area (Å²) in [5.41, 5.74) is 0. The highest BCUT2D eigenvalue weighted by Crippen LogP contribution is 2.07. The van der Waals surface area contributed by atoms with Crippen LogP contribution in [0.25, 0.3) is 0 Å². The predicted octanol–water partition coefficient (Wildman–Crippen LogP) is 0.496. The lowest BCUT2D eigenvalue weighted by Gasteiger charge is -1.92. The number of rotatable bonds is 5. The Hall–Kier alpha value is -0.0300. The molecule has 3 nitrogen and oxygen atoms in total. The zero-order chi connectivity index (χ0) is 9.23. The number of hydrogen-bond acceptors (Lipinski definition) is 4. The maximum Gasteiger partial charge on any atom is 0.104 e. The standard InChI is InChI=1S/C6H10O2.C2H6OS/c1-2-3-7-4-6-5-8-6;3-1-2-4/h2,6H,1,3-5H2;3-4H,1-2H2. The first-order valence-electron chi connectivity index (χ1n) is 3.87. The van der Waals surface area contributed by atoms with Gasteiger partial charge in [-0.3, -0.25) is 0 Å². The molecule has 1 aliphatic rings. The molecule has 0 aromatic rings. The van der Waals surface area contributed by atoms with Crippen molar-refractivity contribution >= 4 is 12.6 Å². The van der Waals surface area contributed by atoms with Crippen LogP contribution in [0, 0.1) is 0 Å². The summed E-state index contributed by atoms with van der Waals surface area (Å²) < 4.78 is 9.96.